The van der Waals surface area contributed by atoms with Gasteiger partial charge in [-0.1, -0.05) is 152 Å². The monoisotopic (exact) mass is 728 g/mol. The van der Waals surface area contributed by atoms with Gasteiger partial charge in [0.25, 0.3) is 0 Å². The van der Waals surface area contributed by atoms with Crippen molar-refractivity contribution in [2.24, 2.45) is 0 Å². The maximum absolute atomic E-state index is 6.23. The van der Waals surface area contributed by atoms with Gasteiger partial charge < -0.3 is 13.9 Å². The standard InChI is InChI=1S/C54H36N2O/c1-2-15-38(16-3-1)44-21-4-8-26-49(44)55(42-19-13-20-43(36-42)56-50-27-9-5-22-46(50)47-23-6-10-28-51(47)56)41-33-31-37(32-34-41)39-17-12-18-40(35-39)45-25-14-30-53-54(45)48-24-7-11-29-52(48)57-53/h1-36H. The van der Waals surface area contributed by atoms with E-state index in [0.717, 1.165) is 66.9 Å². The Hall–Kier alpha value is -7.62. The molecular formula is C54H36N2O. The first kappa shape index (κ1) is 32.8. The van der Waals surface area contributed by atoms with Gasteiger partial charge >= 0.3 is 0 Å². The molecule has 57 heavy (non-hydrogen) atoms. The van der Waals surface area contributed by atoms with Crippen molar-refractivity contribution in [2.45, 2.75) is 0 Å². The minimum absolute atomic E-state index is 0.904. The second-order valence-electron chi connectivity index (χ2n) is 14.5. The molecule has 11 rings (SSSR count). The summed E-state index contributed by atoms with van der Waals surface area (Å²) in [7, 11) is 0. The Morgan fingerprint density at radius 3 is 1.75 bits per heavy atom. The topological polar surface area (TPSA) is 21.3 Å². The summed E-state index contributed by atoms with van der Waals surface area (Å²) < 4.78 is 8.62. The number of hydrogen-bond donors (Lipinski definition) is 0. The van der Waals surface area contributed by atoms with Crippen molar-refractivity contribution in [1.82, 2.24) is 4.57 Å². The zero-order chi connectivity index (χ0) is 37.7. The average Bonchev–Trinajstić information content (AvgIpc) is 3.84. The van der Waals surface area contributed by atoms with Gasteiger partial charge in [-0.15, -0.1) is 0 Å². The minimum Gasteiger partial charge on any atom is -0.456 e. The van der Waals surface area contributed by atoms with E-state index >= 15 is 0 Å². The van der Waals surface area contributed by atoms with Crippen LogP contribution in [0.4, 0.5) is 17.1 Å². The molecule has 11 aromatic rings. The summed E-state index contributed by atoms with van der Waals surface area (Å²) in [4.78, 5) is 2.39. The molecule has 3 heteroatoms. The Morgan fingerprint density at radius 2 is 0.947 bits per heavy atom. The summed E-state index contributed by atoms with van der Waals surface area (Å²) in [6.45, 7) is 0. The van der Waals surface area contributed by atoms with Crippen LogP contribution in [0.2, 0.25) is 0 Å². The molecule has 0 N–H and O–H groups in total. The van der Waals surface area contributed by atoms with Gasteiger partial charge in [-0.25, -0.2) is 0 Å². The zero-order valence-electron chi connectivity index (χ0n) is 31.1. The number of nitrogens with zero attached hydrogens (tertiary/aromatic N) is 2. The Kier molecular flexibility index (Phi) is 7.82. The molecule has 0 amide bonds. The van der Waals surface area contributed by atoms with E-state index in [0.29, 0.717) is 0 Å². The van der Waals surface area contributed by atoms with Crippen LogP contribution in [0, 0.1) is 0 Å². The molecule has 2 aromatic heterocycles. The molecule has 0 unspecified atom stereocenters. The lowest BCUT2D eigenvalue weighted by atomic mass is 9.95. The Balaban J connectivity index is 1.04. The molecule has 3 nitrogen and oxygen atoms in total. The number of para-hydroxylation sites is 4. The molecule has 0 saturated carbocycles. The first-order chi connectivity index (χ1) is 28.3. The van der Waals surface area contributed by atoms with E-state index in [2.05, 4.69) is 216 Å². The van der Waals surface area contributed by atoms with E-state index in [1.165, 1.54) is 32.9 Å². The van der Waals surface area contributed by atoms with Gasteiger partial charge in [0.15, 0.2) is 0 Å². The number of benzene rings is 9. The van der Waals surface area contributed by atoms with Crippen molar-refractivity contribution in [3.8, 4) is 39.1 Å². The normalized spacial score (nSPS) is 11.5. The molecule has 9 aromatic carbocycles. The highest BCUT2D eigenvalue weighted by atomic mass is 16.3. The highest BCUT2D eigenvalue weighted by molar-refractivity contribution is 6.12. The Morgan fingerprint density at radius 1 is 0.351 bits per heavy atom. The van der Waals surface area contributed by atoms with Crippen LogP contribution in [-0.4, -0.2) is 4.57 Å². The Bertz CT molecular complexity index is 3190. The number of furan rings is 1. The van der Waals surface area contributed by atoms with Crippen molar-refractivity contribution < 1.29 is 4.42 Å². The van der Waals surface area contributed by atoms with E-state index in [9.17, 15) is 0 Å². The van der Waals surface area contributed by atoms with E-state index in [4.69, 9.17) is 4.42 Å². The number of fused-ring (bicyclic) bond motifs is 6. The number of rotatable bonds is 7. The molecule has 2 heterocycles. The largest absolute Gasteiger partial charge is 0.456 e. The minimum atomic E-state index is 0.904. The van der Waals surface area contributed by atoms with Gasteiger partial charge in [-0.2, -0.15) is 0 Å². The molecule has 0 fully saturated rings. The molecule has 268 valence electrons. The van der Waals surface area contributed by atoms with E-state index in [1.54, 1.807) is 0 Å². The zero-order valence-corrected chi connectivity index (χ0v) is 31.1. The van der Waals surface area contributed by atoms with Crippen LogP contribution in [0.1, 0.15) is 0 Å². The smallest absolute Gasteiger partial charge is 0.136 e. The highest BCUT2D eigenvalue weighted by Gasteiger charge is 2.20. The number of aromatic nitrogens is 1. The molecule has 0 aliphatic carbocycles. The van der Waals surface area contributed by atoms with Gasteiger partial charge in [-0.05, 0) is 94.5 Å². The van der Waals surface area contributed by atoms with E-state index < -0.39 is 0 Å². The molecule has 0 aliphatic rings. The second-order valence-corrected chi connectivity index (χ2v) is 14.5. The molecule has 0 saturated heterocycles. The lowest BCUT2D eigenvalue weighted by Crippen LogP contribution is -2.11. The van der Waals surface area contributed by atoms with Gasteiger partial charge in [0.1, 0.15) is 11.2 Å². The first-order valence-electron chi connectivity index (χ1n) is 19.4. The van der Waals surface area contributed by atoms with Crippen LogP contribution in [0.5, 0.6) is 0 Å². The van der Waals surface area contributed by atoms with Gasteiger partial charge in [0.2, 0.25) is 0 Å². The summed E-state index contributed by atoms with van der Waals surface area (Å²) >= 11 is 0. The quantitative estimate of drug-likeness (QED) is 0.163. The second kappa shape index (κ2) is 13.6. The third-order valence-corrected chi connectivity index (χ3v) is 11.2. The van der Waals surface area contributed by atoms with E-state index in [-0.39, 0.29) is 0 Å². The maximum Gasteiger partial charge on any atom is 0.136 e. The van der Waals surface area contributed by atoms with Crippen molar-refractivity contribution in [2.75, 3.05) is 4.90 Å². The van der Waals surface area contributed by atoms with Crippen molar-refractivity contribution >= 4 is 60.8 Å². The number of hydrogen-bond acceptors (Lipinski definition) is 2. The predicted octanol–water partition coefficient (Wildman–Crippen LogP) is 15.2. The maximum atomic E-state index is 6.23. The fraction of sp³-hybridized carbons (Fsp3) is 0. The third kappa shape index (κ3) is 5.60. The summed E-state index contributed by atoms with van der Waals surface area (Å²) in [6.07, 6.45) is 0. The third-order valence-electron chi connectivity index (χ3n) is 11.2. The lowest BCUT2D eigenvalue weighted by molar-refractivity contribution is 0.669. The van der Waals surface area contributed by atoms with Crippen LogP contribution in [0.25, 0.3) is 82.8 Å². The van der Waals surface area contributed by atoms with Crippen molar-refractivity contribution in [1.29, 1.82) is 0 Å². The van der Waals surface area contributed by atoms with Crippen LogP contribution < -0.4 is 4.90 Å². The molecular weight excluding hydrogens is 693 g/mol. The summed E-state index contributed by atoms with van der Waals surface area (Å²) in [5, 5.41) is 4.78. The molecule has 0 bridgehead atoms. The summed E-state index contributed by atoms with van der Waals surface area (Å²) in [6, 6.07) is 78.2. The van der Waals surface area contributed by atoms with Crippen LogP contribution in [0.15, 0.2) is 223 Å². The van der Waals surface area contributed by atoms with Gasteiger partial charge in [0, 0.05) is 44.2 Å². The molecule has 0 radical (unpaired) electrons. The first-order valence-corrected chi connectivity index (χ1v) is 19.4. The lowest BCUT2D eigenvalue weighted by Gasteiger charge is -2.28. The molecule has 0 atom stereocenters. The fourth-order valence-corrected chi connectivity index (χ4v) is 8.61. The summed E-state index contributed by atoms with van der Waals surface area (Å²) in [5.41, 5.74) is 15.5. The average molecular weight is 729 g/mol. The van der Waals surface area contributed by atoms with Crippen molar-refractivity contribution in [3.63, 3.8) is 0 Å². The highest BCUT2D eigenvalue weighted by Crippen LogP contribution is 2.43. The van der Waals surface area contributed by atoms with Crippen LogP contribution in [-0.2, 0) is 0 Å². The number of anilines is 3. The van der Waals surface area contributed by atoms with Crippen LogP contribution in [0.3, 0.4) is 0 Å². The fourth-order valence-electron chi connectivity index (χ4n) is 8.61. The van der Waals surface area contributed by atoms with Gasteiger partial charge in [0.05, 0.1) is 16.7 Å². The SMILES string of the molecule is c1ccc(-c2ccccc2N(c2ccc(-c3cccc(-c4cccc5oc6ccccc6c45)c3)cc2)c2cccc(-n3c4ccccc4c4ccccc43)c2)cc1. The van der Waals surface area contributed by atoms with Crippen molar-refractivity contribution in [3.05, 3.63) is 218 Å². The predicted molar refractivity (Wildman–Crippen MR) is 239 cm³/mol. The van der Waals surface area contributed by atoms with E-state index in [1.807, 2.05) is 12.1 Å². The molecule has 0 spiro atoms. The van der Waals surface area contributed by atoms with Gasteiger partial charge in [-0.3, -0.25) is 0 Å². The summed E-state index contributed by atoms with van der Waals surface area (Å²) in [5.74, 6) is 0. The molecule has 0 aliphatic heterocycles. The Labute approximate surface area is 330 Å². The van der Waals surface area contributed by atoms with Crippen LogP contribution >= 0.6 is 0 Å².